The zero-order valence-electron chi connectivity index (χ0n) is 16.5. The number of fused-ring (bicyclic) bond motifs is 1. The topological polar surface area (TPSA) is 100 Å². The molecule has 0 saturated carbocycles. The van der Waals surface area contributed by atoms with Crippen LogP contribution in [0.4, 0.5) is 30.1 Å². The normalized spacial score (nSPS) is 11.3. The summed E-state index contributed by atoms with van der Waals surface area (Å²) in [6.07, 6.45) is 0. The molecule has 0 aliphatic heterocycles. The molecule has 1 aromatic heterocycles. The first-order valence-corrected chi connectivity index (χ1v) is 11.5. The Morgan fingerprint density at radius 2 is 1.75 bits per heavy atom. The van der Waals surface area contributed by atoms with Crippen molar-refractivity contribution in [3.8, 4) is 0 Å². The van der Waals surface area contributed by atoms with E-state index in [-0.39, 0.29) is 15.7 Å². The molecular weight excluding hydrogens is 458 g/mol. The van der Waals surface area contributed by atoms with Crippen molar-refractivity contribution >= 4 is 54.1 Å². The van der Waals surface area contributed by atoms with Gasteiger partial charge in [0, 0.05) is 11.8 Å². The average Bonchev–Trinajstić information content (AvgIpc) is 3.13. The molecule has 1 heterocycles. The number of thiazole rings is 1. The highest BCUT2D eigenvalue weighted by Crippen LogP contribution is 2.32. The summed E-state index contributed by atoms with van der Waals surface area (Å²) in [4.78, 5) is 16.7. The summed E-state index contributed by atoms with van der Waals surface area (Å²) in [5.41, 5.74) is 1.51. The van der Waals surface area contributed by atoms with E-state index in [1.54, 1.807) is 37.3 Å². The van der Waals surface area contributed by atoms with Crippen LogP contribution in [-0.2, 0) is 10.0 Å². The van der Waals surface area contributed by atoms with Crippen LogP contribution in [0.5, 0.6) is 0 Å². The molecule has 0 radical (unpaired) electrons. The first-order chi connectivity index (χ1) is 15.2. The fraction of sp³-hybridized carbons (Fsp3) is 0.0476. The van der Waals surface area contributed by atoms with E-state index in [9.17, 15) is 22.0 Å². The zero-order valence-corrected chi connectivity index (χ0v) is 18.2. The van der Waals surface area contributed by atoms with Gasteiger partial charge in [-0.15, -0.1) is 0 Å². The number of hydrogen-bond donors (Lipinski definition) is 3. The summed E-state index contributed by atoms with van der Waals surface area (Å²) in [6, 6.07) is 13.3. The minimum atomic E-state index is -3.79. The second-order valence-electron chi connectivity index (χ2n) is 6.78. The van der Waals surface area contributed by atoms with Crippen molar-refractivity contribution in [3.05, 3.63) is 77.9 Å². The van der Waals surface area contributed by atoms with E-state index in [1.165, 1.54) is 12.1 Å². The van der Waals surface area contributed by atoms with Crippen LogP contribution in [0.25, 0.3) is 10.2 Å². The van der Waals surface area contributed by atoms with Crippen LogP contribution in [0, 0.1) is 18.6 Å². The van der Waals surface area contributed by atoms with Gasteiger partial charge in [0.25, 0.3) is 10.0 Å². The third kappa shape index (κ3) is 4.68. The van der Waals surface area contributed by atoms with Crippen LogP contribution in [0.1, 0.15) is 5.56 Å². The Hall–Kier alpha value is -3.57. The van der Waals surface area contributed by atoms with E-state index in [1.807, 2.05) is 0 Å². The van der Waals surface area contributed by atoms with Crippen LogP contribution in [0.15, 0.2) is 65.6 Å². The Morgan fingerprint density at radius 3 is 2.47 bits per heavy atom. The number of nitrogens with one attached hydrogen (secondary N) is 3. The van der Waals surface area contributed by atoms with Crippen molar-refractivity contribution in [2.45, 2.75) is 11.8 Å². The largest absolute Gasteiger partial charge is 0.323 e. The maximum absolute atomic E-state index is 13.7. The maximum Gasteiger partial charge on any atom is 0.323 e. The predicted molar refractivity (Wildman–Crippen MR) is 121 cm³/mol. The third-order valence-corrected chi connectivity index (χ3v) is 6.80. The number of carbonyl (C=O) groups is 1. The van der Waals surface area contributed by atoms with Crippen molar-refractivity contribution in [3.63, 3.8) is 0 Å². The van der Waals surface area contributed by atoms with Gasteiger partial charge in [-0.3, -0.25) is 4.72 Å². The molecule has 4 rings (SSSR count). The van der Waals surface area contributed by atoms with Crippen LogP contribution < -0.4 is 15.4 Å². The summed E-state index contributed by atoms with van der Waals surface area (Å²) in [7, 11) is -3.79. The minimum absolute atomic E-state index is 0.114. The van der Waals surface area contributed by atoms with Gasteiger partial charge in [0.2, 0.25) is 0 Å². The maximum atomic E-state index is 13.7. The lowest BCUT2D eigenvalue weighted by molar-refractivity contribution is 0.262. The lowest BCUT2D eigenvalue weighted by Gasteiger charge is -2.09. The van der Waals surface area contributed by atoms with Gasteiger partial charge in [-0.2, -0.15) is 0 Å². The number of anilines is 3. The van der Waals surface area contributed by atoms with Crippen LogP contribution >= 0.6 is 11.3 Å². The minimum Gasteiger partial charge on any atom is -0.308 e. The number of aryl methyl sites for hydroxylation is 1. The van der Waals surface area contributed by atoms with E-state index in [2.05, 4.69) is 20.3 Å². The molecule has 0 fully saturated rings. The van der Waals surface area contributed by atoms with Crippen molar-refractivity contribution in [1.29, 1.82) is 0 Å². The molecule has 0 saturated heterocycles. The molecule has 0 atom stereocenters. The molecule has 0 aliphatic rings. The number of sulfonamides is 1. The Bertz CT molecular complexity index is 1420. The molecule has 32 heavy (non-hydrogen) atoms. The smallest absolute Gasteiger partial charge is 0.308 e. The monoisotopic (exact) mass is 474 g/mol. The molecule has 0 spiro atoms. The molecule has 0 bridgehead atoms. The molecule has 3 aromatic carbocycles. The van der Waals surface area contributed by atoms with Crippen molar-refractivity contribution in [2.24, 2.45) is 0 Å². The predicted octanol–water partition coefficient (Wildman–Crippen LogP) is 5.33. The molecule has 4 aromatic rings. The Morgan fingerprint density at radius 1 is 1.00 bits per heavy atom. The number of aromatic nitrogens is 1. The highest BCUT2D eigenvalue weighted by atomic mass is 32.2. The molecule has 164 valence electrons. The summed E-state index contributed by atoms with van der Waals surface area (Å²) in [6.45, 7) is 1.76. The number of amides is 2. The number of halogens is 2. The van der Waals surface area contributed by atoms with Gasteiger partial charge in [0.15, 0.2) is 5.13 Å². The van der Waals surface area contributed by atoms with Crippen LogP contribution in [0.3, 0.4) is 0 Å². The van der Waals surface area contributed by atoms with Gasteiger partial charge < -0.3 is 10.6 Å². The van der Waals surface area contributed by atoms with E-state index < -0.39 is 27.7 Å². The second kappa shape index (κ2) is 8.52. The van der Waals surface area contributed by atoms with Gasteiger partial charge in [-0.1, -0.05) is 29.5 Å². The first kappa shape index (κ1) is 21.7. The van der Waals surface area contributed by atoms with E-state index >= 15 is 0 Å². The summed E-state index contributed by atoms with van der Waals surface area (Å²) < 4.78 is 54.9. The highest BCUT2D eigenvalue weighted by molar-refractivity contribution is 7.93. The fourth-order valence-electron chi connectivity index (χ4n) is 2.96. The number of nitrogens with zero attached hydrogens (tertiary/aromatic N) is 1. The Balaban J connectivity index is 1.54. The number of rotatable bonds is 5. The highest BCUT2D eigenvalue weighted by Gasteiger charge is 2.17. The Kier molecular flexibility index (Phi) is 5.76. The van der Waals surface area contributed by atoms with Crippen LogP contribution in [-0.4, -0.2) is 19.4 Å². The van der Waals surface area contributed by atoms with Gasteiger partial charge in [-0.05, 0) is 48.9 Å². The average molecular weight is 475 g/mol. The number of benzene rings is 3. The van der Waals surface area contributed by atoms with E-state index in [0.717, 1.165) is 23.5 Å². The second-order valence-corrected chi connectivity index (χ2v) is 9.49. The quantitative estimate of drug-likeness (QED) is 0.364. The van der Waals surface area contributed by atoms with E-state index in [0.29, 0.717) is 27.5 Å². The van der Waals surface area contributed by atoms with Crippen molar-refractivity contribution < 1.29 is 22.0 Å². The zero-order chi connectivity index (χ0) is 22.9. The summed E-state index contributed by atoms with van der Waals surface area (Å²) in [5, 5.41) is 5.07. The van der Waals surface area contributed by atoms with Gasteiger partial charge >= 0.3 is 6.03 Å². The molecular formula is C21H16F2N4O3S2. The fourth-order valence-corrected chi connectivity index (χ4v) is 5.20. The SMILES string of the molecule is Cc1cc(NC(=O)Nc2ccc(F)cc2F)cc2sc(NS(=O)(=O)c3ccccc3)nc12. The standard InChI is InChI=1S/C21H16F2N4O3S2/c1-12-9-14(24-20(28)25-17-8-7-13(22)10-16(17)23)11-18-19(12)26-21(31-18)27-32(29,30)15-5-3-2-4-6-15/h2-11H,1H3,(H,26,27)(H2,24,25,28). The summed E-state index contributed by atoms with van der Waals surface area (Å²) >= 11 is 1.11. The van der Waals surface area contributed by atoms with Gasteiger partial charge in [-0.25, -0.2) is 27.0 Å². The number of hydrogen-bond acceptors (Lipinski definition) is 5. The molecule has 11 heteroatoms. The van der Waals surface area contributed by atoms with Crippen molar-refractivity contribution in [2.75, 3.05) is 15.4 Å². The Labute approximate surface area is 186 Å². The number of carbonyl (C=O) groups excluding carboxylic acids is 1. The number of urea groups is 1. The van der Waals surface area contributed by atoms with Gasteiger partial charge in [0.1, 0.15) is 11.6 Å². The van der Waals surface area contributed by atoms with Crippen molar-refractivity contribution in [1.82, 2.24) is 4.98 Å². The molecule has 3 N–H and O–H groups in total. The molecule has 2 amide bonds. The van der Waals surface area contributed by atoms with Crippen LogP contribution in [0.2, 0.25) is 0 Å². The summed E-state index contributed by atoms with van der Waals surface area (Å²) in [5.74, 6) is -1.65. The molecule has 7 nitrogen and oxygen atoms in total. The van der Waals surface area contributed by atoms with E-state index in [4.69, 9.17) is 0 Å². The molecule has 0 aliphatic carbocycles. The molecule has 0 unspecified atom stereocenters. The van der Waals surface area contributed by atoms with Gasteiger partial charge in [0.05, 0.1) is 20.8 Å². The third-order valence-electron chi connectivity index (χ3n) is 4.40. The first-order valence-electron chi connectivity index (χ1n) is 9.23. The lowest BCUT2D eigenvalue weighted by Crippen LogP contribution is -2.20. The lowest BCUT2D eigenvalue weighted by atomic mass is 10.2.